The van der Waals surface area contributed by atoms with Crippen LogP contribution >= 0.6 is 11.3 Å². The third-order valence-electron chi connectivity index (χ3n) is 3.81. The highest BCUT2D eigenvalue weighted by Gasteiger charge is 2.25. The second kappa shape index (κ2) is 5.99. The van der Waals surface area contributed by atoms with Crippen LogP contribution in [0.2, 0.25) is 0 Å². The number of hydrogen-bond acceptors (Lipinski definition) is 5. The zero-order valence-corrected chi connectivity index (χ0v) is 12.9. The van der Waals surface area contributed by atoms with Gasteiger partial charge in [0.1, 0.15) is 5.76 Å². The maximum atomic E-state index is 12.3. The Kier molecular flexibility index (Phi) is 4.07. The molecule has 3 rings (SSSR count). The summed E-state index contributed by atoms with van der Waals surface area (Å²) in [5.41, 5.74) is 6.47. The topological polar surface area (TPSA) is 72.4 Å². The SMILES string of the molecule is Cc1ccc(-c2nc(CC(=O)N3CCC(CN)C3)cs2)o1. The van der Waals surface area contributed by atoms with E-state index in [-0.39, 0.29) is 5.91 Å². The second-order valence-corrected chi connectivity index (χ2v) is 6.32. The van der Waals surface area contributed by atoms with Crippen LogP contribution in [0.3, 0.4) is 0 Å². The molecule has 0 aromatic carbocycles. The van der Waals surface area contributed by atoms with Gasteiger partial charge in [0.25, 0.3) is 0 Å². The van der Waals surface area contributed by atoms with Crippen LogP contribution in [-0.2, 0) is 11.2 Å². The smallest absolute Gasteiger partial charge is 0.228 e. The van der Waals surface area contributed by atoms with Gasteiger partial charge in [0.2, 0.25) is 5.91 Å². The van der Waals surface area contributed by atoms with Crippen LogP contribution in [0.15, 0.2) is 21.9 Å². The summed E-state index contributed by atoms with van der Waals surface area (Å²) in [6.45, 7) is 4.16. The molecule has 1 saturated heterocycles. The van der Waals surface area contributed by atoms with E-state index in [1.165, 1.54) is 11.3 Å². The van der Waals surface area contributed by atoms with Gasteiger partial charge in [0.05, 0.1) is 12.1 Å². The van der Waals surface area contributed by atoms with E-state index in [1.54, 1.807) is 0 Å². The highest BCUT2D eigenvalue weighted by Crippen LogP contribution is 2.26. The molecular formula is C15H19N3O2S. The molecule has 0 aliphatic carbocycles. The molecule has 5 nitrogen and oxygen atoms in total. The Balaban J connectivity index is 1.63. The van der Waals surface area contributed by atoms with E-state index >= 15 is 0 Å². The average molecular weight is 305 g/mol. The van der Waals surface area contributed by atoms with Crippen molar-refractivity contribution in [1.82, 2.24) is 9.88 Å². The largest absolute Gasteiger partial charge is 0.459 e. The maximum Gasteiger partial charge on any atom is 0.228 e. The minimum atomic E-state index is 0.137. The van der Waals surface area contributed by atoms with Gasteiger partial charge in [-0.1, -0.05) is 0 Å². The molecule has 0 spiro atoms. The van der Waals surface area contributed by atoms with E-state index in [4.69, 9.17) is 10.2 Å². The first-order chi connectivity index (χ1) is 10.2. The van der Waals surface area contributed by atoms with Crippen molar-refractivity contribution >= 4 is 17.2 Å². The molecule has 0 bridgehead atoms. The number of aryl methyl sites for hydroxylation is 1. The molecule has 2 N–H and O–H groups in total. The van der Waals surface area contributed by atoms with E-state index in [2.05, 4.69) is 4.98 Å². The molecule has 1 aliphatic heterocycles. The molecule has 6 heteroatoms. The Hall–Kier alpha value is -1.66. The van der Waals surface area contributed by atoms with Crippen LogP contribution in [-0.4, -0.2) is 35.4 Å². The molecule has 2 aromatic heterocycles. The lowest BCUT2D eigenvalue weighted by Gasteiger charge is -2.15. The summed E-state index contributed by atoms with van der Waals surface area (Å²) in [6.07, 6.45) is 1.36. The number of carbonyl (C=O) groups excluding carboxylic acids is 1. The fourth-order valence-corrected chi connectivity index (χ4v) is 3.35. The predicted octanol–water partition coefficient (Wildman–Crippen LogP) is 2.06. The zero-order valence-electron chi connectivity index (χ0n) is 12.0. The van der Waals surface area contributed by atoms with Crippen LogP contribution in [0.5, 0.6) is 0 Å². The van der Waals surface area contributed by atoms with Gasteiger partial charge in [-0.05, 0) is 37.9 Å². The van der Waals surface area contributed by atoms with Gasteiger partial charge < -0.3 is 15.1 Å². The molecule has 0 saturated carbocycles. The lowest BCUT2D eigenvalue weighted by molar-refractivity contribution is -0.129. The van der Waals surface area contributed by atoms with Crippen molar-refractivity contribution in [2.45, 2.75) is 19.8 Å². The van der Waals surface area contributed by atoms with Crippen LogP contribution in [0.1, 0.15) is 17.9 Å². The Morgan fingerprint density at radius 2 is 2.43 bits per heavy atom. The van der Waals surface area contributed by atoms with Crippen molar-refractivity contribution in [3.63, 3.8) is 0 Å². The summed E-state index contributed by atoms with van der Waals surface area (Å²) < 4.78 is 5.55. The molecule has 2 aromatic rings. The Bertz CT molecular complexity index is 634. The second-order valence-electron chi connectivity index (χ2n) is 5.46. The monoisotopic (exact) mass is 305 g/mol. The minimum Gasteiger partial charge on any atom is -0.459 e. The number of nitrogens with zero attached hydrogens (tertiary/aromatic N) is 2. The Labute approximate surface area is 127 Å². The fraction of sp³-hybridized carbons (Fsp3) is 0.467. The van der Waals surface area contributed by atoms with Gasteiger partial charge in [-0.3, -0.25) is 4.79 Å². The number of amides is 1. The van der Waals surface area contributed by atoms with Gasteiger partial charge in [-0.2, -0.15) is 0 Å². The summed E-state index contributed by atoms with van der Waals surface area (Å²) in [5.74, 6) is 2.22. The van der Waals surface area contributed by atoms with Crippen LogP contribution in [0, 0.1) is 12.8 Å². The molecule has 1 unspecified atom stereocenters. The van der Waals surface area contributed by atoms with Gasteiger partial charge >= 0.3 is 0 Å². The first-order valence-corrected chi connectivity index (χ1v) is 8.02. The lowest BCUT2D eigenvalue weighted by atomic mass is 10.1. The molecule has 0 radical (unpaired) electrons. The number of rotatable bonds is 4. The average Bonchev–Trinajstić information content (AvgIpc) is 3.17. The van der Waals surface area contributed by atoms with E-state index in [1.807, 2.05) is 29.3 Å². The van der Waals surface area contributed by atoms with Crippen molar-refractivity contribution in [1.29, 1.82) is 0 Å². The first kappa shape index (κ1) is 14.3. The lowest BCUT2D eigenvalue weighted by Crippen LogP contribution is -2.31. The molecule has 1 amide bonds. The van der Waals surface area contributed by atoms with Crippen molar-refractivity contribution in [3.8, 4) is 10.8 Å². The first-order valence-electron chi connectivity index (χ1n) is 7.14. The number of likely N-dealkylation sites (tertiary alicyclic amines) is 1. The molecule has 1 atom stereocenters. The van der Waals surface area contributed by atoms with Gasteiger partial charge in [0.15, 0.2) is 10.8 Å². The number of carbonyl (C=O) groups is 1. The maximum absolute atomic E-state index is 12.3. The van der Waals surface area contributed by atoms with Gasteiger partial charge in [-0.15, -0.1) is 11.3 Å². The van der Waals surface area contributed by atoms with Crippen LogP contribution < -0.4 is 5.73 Å². The third kappa shape index (κ3) is 3.16. The minimum absolute atomic E-state index is 0.137. The van der Waals surface area contributed by atoms with Gasteiger partial charge in [-0.25, -0.2) is 4.98 Å². The number of nitrogens with two attached hydrogens (primary N) is 1. The summed E-state index contributed by atoms with van der Waals surface area (Å²) >= 11 is 1.51. The summed E-state index contributed by atoms with van der Waals surface area (Å²) in [6, 6.07) is 3.82. The summed E-state index contributed by atoms with van der Waals surface area (Å²) in [7, 11) is 0. The number of furan rings is 1. The molecule has 1 aliphatic rings. The van der Waals surface area contributed by atoms with Crippen molar-refractivity contribution < 1.29 is 9.21 Å². The molecular weight excluding hydrogens is 286 g/mol. The van der Waals surface area contributed by atoms with E-state index in [0.717, 1.165) is 41.7 Å². The summed E-state index contributed by atoms with van der Waals surface area (Å²) in [4.78, 5) is 18.6. The Morgan fingerprint density at radius 1 is 1.57 bits per heavy atom. The predicted molar refractivity (Wildman–Crippen MR) is 82.0 cm³/mol. The van der Waals surface area contributed by atoms with Crippen LogP contribution in [0.4, 0.5) is 0 Å². The number of thiazole rings is 1. The quantitative estimate of drug-likeness (QED) is 0.938. The number of aromatic nitrogens is 1. The van der Waals surface area contributed by atoms with E-state index in [0.29, 0.717) is 18.9 Å². The van der Waals surface area contributed by atoms with Crippen molar-refractivity contribution in [2.75, 3.05) is 19.6 Å². The molecule has 112 valence electrons. The molecule has 21 heavy (non-hydrogen) atoms. The highest BCUT2D eigenvalue weighted by atomic mass is 32.1. The summed E-state index contributed by atoms with van der Waals surface area (Å²) in [5, 5.41) is 2.76. The zero-order chi connectivity index (χ0) is 14.8. The van der Waals surface area contributed by atoms with Gasteiger partial charge in [0, 0.05) is 18.5 Å². The fourth-order valence-electron chi connectivity index (χ4n) is 2.57. The van der Waals surface area contributed by atoms with E-state index in [9.17, 15) is 4.79 Å². The van der Waals surface area contributed by atoms with E-state index < -0.39 is 0 Å². The van der Waals surface area contributed by atoms with Crippen molar-refractivity contribution in [2.24, 2.45) is 11.7 Å². The third-order valence-corrected chi connectivity index (χ3v) is 4.71. The number of hydrogen-bond donors (Lipinski definition) is 1. The molecule has 3 heterocycles. The Morgan fingerprint density at radius 3 is 3.10 bits per heavy atom. The standard InChI is InChI=1S/C15H19N3O2S/c1-10-2-3-13(20-10)15-17-12(9-21-15)6-14(19)18-5-4-11(7-16)8-18/h2-3,9,11H,4-8,16H2,1H3. The normalized spacial score (nSPS) is 18.4. The van der Waals surface area contributed by atoms with Crippen LogP contribution in [0.25, 0.3) is 10.8 Å². The highest BCUT2D eigenvalue weighted by molar-refractivity contribution is 7.13. The van der Waals surface area contributed by atoms with Crippen molar-refractivity contribution in [3.05, 3.63) is 29.0 Å². The molecule has 1 fully saturated rings.